The van der Waals surface area contributed by atoms with Crippen LogP contribution in [-0.4, -0.2) is 80.8 Å². The molecule has 2 aliphatic heterocycles. The van der Waals surface area contributed by atoms with Crippen LogP contribution in [0.25, 0.3) is 11.4 Å². The van der Waals surface area contributed by atoms with E-state index in [1.165, 1.54) is 5.56 Å². The van der Waals surface area contributed by atoms with Gasteiger partial charge in [-0.1, -0.05) is 12.1 Å². The Bertz CT molecular complexity index is 882. The van der Waals surface area contributed by atoms with Gasteiger partial charge in [-0.25, -0.2) is 9.97 Å². The lowest BCUT2D eigenvalue weighted by molar-refractivity contribution is 0.108. The van der Waals surface area contributed by atoms with E-state index in [0.29, 0.717) is 18.2 Å². The van der Waals surface area contributed by atoms with Gasteiger partial charge in [0.05, 0.1) is 0 Å². The third-order valence-corrected chi connectivity index (χ3v) is 6.12. The van der Waals surface area contributed by atoms with Gasteiger partial charge in [0.15, 0.2) is 5.82 Å². The van der Waals surface area contributed by atoms with Crippen molar-refractivity contribution in [1.82, 2.24) is 20.6 Å². The lowest BCUT2D eigenvalue weighted by Gasteiger charge is -2.30. The van der Waals surface area contributed by atoms with Crippen LogP contribution in [0, 0.1) is 12.8 Å². The highest BCUT2D eigenvalue weighted by Gasteiger charge is 2.23. The highest BCUT2D eigenvalue weighted by Crippen LogP contribution is 2.29. The lowest BCUT2D eigenvalue weighted by Crippen LogP contribution is -2.44. The van der Waals surface area contributed by atoms with E-state index in [1.54, 1.807) is 0 Å². The van der Waals surface area contributed by atoms with Crippen molar-refractivity contribution >= 4 is 5.82 Å². The summed E-state index contributed by atoms with van der Waals surface area (Å²) < 4.78 is 11.4. The summed E-state index contributed by atoms with van der Waals surface area (Å²) in [6.45, 7) is 8.32. The van der Waals surface area contributed by atoms with Gasteiger partial charge < -0.3 is 30.1 Å². The second-order valence-electron chi connectivity index (χ2n) is 8.66. The molecular formula is C24H35N5O3. The quantitative estimate of drug-likeness (QED) is 0.538. The van der Waals surface area contributed by atoms with E-state index in [1.807, 2.05) is 31.3 Å². The summed E-state index contributed by atoms with van der Waals surface area (Å²) in [7, 11) is 1.81. The van der Waals surface area contributed by atoms with Gasteiger partial charge in [-0.3, -0.25) is 0 Å². The van der Waals surface area contributed by atoms with Gasteiger partial charge in [0.25, 0.3) is 0 Å². The Morgan fingerprint density at radius 1 is 1.31 bits per heavy atom. The standard InChI is InChI=1S/C24H35N5O3/c1-17-22(12-18-6-11-31-15-18)27-23(28-24(17)29-9-7-26-8-10-29)19-4-3-5-21(13-19)32-16-20(30)14-25-2/h3-5,13,18,20,25-26,30H,6-12,14-16H2,1-2H3/t18-,20?/m0/s1. The van der Waals surface area contributed by atoms with E-state index in [4.69, 9.17) is 19.4 Å². The van der Waals surface area contributed by atoms with Crippen molar-refractivity contribution in [3.63, 3.8) is 0 Å². The average Bonchev–Trinajstić information content (AvgIpc) is 3.33. The fourth-order valence-electron chi connectivity index (χ4n) is 4.29. The van der Waals surface area contributed by atoms with Gasteiger partial charge in [0.1, 0.15) is 24.3 Å². The van der Waals surface area contributed by atoms with Crippen molar-refractivity contribution in [3.05, 3.63) is 35.5 Å². The van der Waals surface area contributed by atoms with Gasteiger partial charge in [-0.2, -0.15) is 0 Å². The number of aromatic nitrogens is 2. The first-order chi connectivity index (χ1) is 15.6. The summed E-state index contributed by atoms with van der Waals surface area (Å²) in [5.41, 5.74) is 3.20. The van der Waals surface area contributed by atoms with Crippen LogP contribution in [0.3, 0.4) is 0 Å². The largest absolute Gasteiger partial charge is 0.491 e. The third kappa shape index (κ3) is 5.75. The molecule has 0 amide bonds. The van der Waals surface area contributed by atoms with E-state index in [-0.39, 0.29) is 6.61 Å². The van der Waals surface area contributed by atoms with E-state index < -0.39 is 6.10 Å². The molecule has 0 spiro atoms. The predicted molar refractivity (Wildman–Crippen MR) is 125 cm³/mol. The Morgan fingerprint density at radius 3 is 2.91 bits per heavy atom. The van der Waals surface area contributed by atoms with Crippen LogP contribution in [0.4, 0.5) is 5.82 Å². The first-order valence-electron chi connectivity index (χ1n) is 11.6. The Balaban J connectivity index is 1.62. The molecule has 2 aliphatic rings. The maximum absolute atomic E-state index is 9.95. The van der Waals surface area contributed by atoms with Crippen molar-refractivity contribution < 1.29 is 14.6 Å². The average molecular weight is 442 g/mol. The number of nitrogens with one attached hydrogen (secondary N) is 2. The van der Waals surface area contributed by atoms with Gasteiger partial charge in [-0.15, -0.1) is 0 Å². The molecule has 2 saturated heterocycles. The maximum atomic E-state index is 9.95. The van der Waals surface area contributed by atoms with Crippen LogP contribution in [-0.2, 0) is 11.2 Å². The fourth-order valence-corrected chi connectivity index (χ4v) is 4.29. The smallest absolute Gasteiger partial charge is 0.161 e. The molecule has 1 aromatic heterocycles. The molecule has 8 nitrogen and oxygen atoms in total. The highest BCUT2D eigenvalue weighted by molar-refractivity contribution is 5.62. The van der Waals surface area contributed by atoms with E-state index in [0.717, 1.165) is 75.1 Å². The number of ether oxygens (including phenoxy) is 2. The molecular weight excluding hydrogens is 406 g/mol. The molecule has 0 saturated carbocycles. The summed E-state index contributed by atoms with van der Waals surface area (Å²) >= 11 is 0. The Morgan fingerprint density at radius 2 is 2.16 bits per heavy atom. The van der Waals surface area contributed by atoms with Gasteiger partial charge >= 0.3 is 0 Å². The number of piperazine rings is 1. The molecule has 2 atom stereocenters. The third-order valence-electron chi connectivity index (χ3n) is 6.12. The molecule has 1 unspecified atom stereocenters. The lowest BCUT2D eigenvalue weighted by atomic mass is 9.99. The predicted octanol–water partition coefficient (Wildman–Crippen LogP) is 1.40. The molecule has 8 heteroatoms. The number of rotatable bonds is 9. The van der Waals surface area contributed by atoms with Gasteiger partial charge in [-0.05, 0) is 44.9 Å². The number of anilines is 1. The maximum Gasteiger partial charge on any atom is 0.161 e. The summed E-state index contributed by atoms with van der Waals surface area (Å²) in [4.78, 5) is 12.4. The fraction of sp³-hybridized carbons (Fsp3) is 0.583. The Hall–Kier alpha value is -2.26. The molecule has 174 valence electrons. The van der Waals surface area contributed by atoms with Crippen molar-refractivity contribution in [2.45, 2.75) is 25.9 Å². The number of likely N-dealkylation sites (N-methyl/N-ethyl adjacent to an activating group) is 1. The van der Waals surface area contributed by atoms with Crippen LogP contribution < -0.4 is 20.3 Å². The minimum Gasteiger partial charge on any atom is -0.491 e. The molecule has 1 aromatic carbocycles. The molecule has 3 heterocycles. The topological polar surface area (TPSA) is 91.8 Å². The molecule has 3 N–H and O–H groups in total. The first kappa shape index (κ1) is 22.9. The van der Waals surface area contributed by atoms with Gasteiger partial charge in [0.2, 0.25) is 0 Å². The number of aliphatic hydroxyl groups excluding tert-OH is 1. The SMILES string of the molecule is CNCC(O)COc1cccc(-c2nc(C[C@@H]3CCOC3)c(C)c(N3CCNCC3)n2)c1. The number of benzene rings is 1. The molecule has 32 heavy (non-hydrogen) atoms. The second kappa shape index (κ2) is 11.0. The first-order valence-corrected chi connectivity index (χ1v) is 11.6. The zero-order chi connectivity index (χ0) is 22.3. The summed E-state index contributed by atoms with van der Waals surface area (Å²) in [5.74, 6) is 2.97. The summed E-state index contributed by atoms with van der Waals surface area (Å²) in [5, 5.41) is 16.3. The number of aliphatic hydroxyl groups is 1. The van der Waals surface area contributed by atoms with Crippen LogP contribution in [0.2, 0.25) is 0 Å². The zero-order valence-corrected chi connectivity index (χ0v) is 19.1. The van der Waals surface area contributed by atoms with Crippen molar-refractivity contribution in [1.29, 1.82) is 0 Å². The number of hydrogen-bond acceptors (Lipinski definition) is 8. The van der Waals surface area contributed by atoms with Crippen molar-refractivity contribution in [3.8, 4) is 17.1 Å². The van der Waals surface area contributed by atoms with Crippen molar-refractivity contribution in [2.75, 3.05) is 64.5 Å². The molecule has 4 rings (SSSR count). The molecule has 2 aromatic rings. The number of nitrogens with zero attached hydrogens (tertiary/aromatic N) is 3. The highest BCUT2D eigenvalue weighted by atomic mass is 16.5. The minimum absolute atomic E-state index is 0.234. The Kier molecular flexibility index (Phi) is 7.91. The van der Waals surface area contributed by atoms with E-state index in [9.17, 15) is 5.11 Å². The molecule has 2 fully saturated rings. The summed E-state index contributed by atoms with van der Waals surface area (Å²) in [6, 6.07) is 7.83. The second-order valence-corrected chi connectivity index (χ2v) is 8.66. The monoisotopic (exact) mass is 441 g/mol. The molecule has 0 radical (unpaired) electrons. The van der Waals surface area contributed by atoms with Crippen molar-refractivity contribution in [2.24, 2.45) is 5.92 Å². The normalized spacial score (nSPS) is 19.8. The molecule has 0 aliphatic carbocycles. The zero-order valence-electron chi connectivity index (χ0n) is 19.1. The van der Waals surface area contributed by atoms with Crippen LogP contribution >= 0.6 is 0 Å². The Labute approximate surface area is 190 Å². The van der Waals surface area contributed by atoms with E-state index in [2.05, 4.69) is 22.5 Å². The minimum atomic E-state index is -0.557. The van der Waals surface area contributed by atoms with Crippen LogP contribution in [0.15, 0.2) is 24.3 Å². The molecule has 0 bridgehead atoms. The van der Waals surface area contributed by atoms with Crippen LogP contribution in [0.5, 0.6) is 5.75 Å². The summed E-state index contributed by atoms with van der Waals surface area (Å²) in [6.07, 6.45) is 1.44. The van der Waals surface area contributed by atoms with Gasteiger partial charge in [0, 0.05) is 62.8 Å². The number of hydrogen-bond donors (Lipinski definition) is 3. The van der Waals surface area contributed by atoms with Crippen LogP contribution in [0.1, 0.15) is 17.7 Å². The van der Waals surface area contributed by atoms with E-state index >= 15 is 0 Å².